The number of hydrogen-bond acceptors (Lipinski definition) is 7. The van der Waals surface area contributed by atoms with Gasteiger partial charge in [0.1, 0.15) is 22.4 Å². The van der Waals surface area contributed by atoms with Gasteiger partial charge in [-0.05, 0) is 43.2 Å². The Morgan fingerprint density at radius 3 is 3.11 bits per heavy atom. The number of hydrogen-bond donors (Lipinski definition) is 2. The van der Waals surface area contributed by atoms with Gasteiger partial charge in [-0.1, -0.05) is 29.6 Å². The van der Waals surface area contributed by atoms with Crippen LogP contribution in [-0.4, -0.2) is 47.6 Å². The molecule has 0 spiro atoms. The van der Waals surface area contributed by atoms with Gasteiger partial charge in [-0.3, -0.25) is 4.99 Å². The van der Waals surface area contributed by atoms with Crippen LogP contribution in [0.4, 0.5) is 11.4 Å². The van der Waals surface area contributed by atoms with E-state index in [0.29, 0.717) is 16.5 Å². The number of nitrogens with zero attached hydrogens (tertiary/aromatic N) is 3. The summed E-state index contributed by atoms with van der Waals surface area (Å²) in [5, 5.41) is 9.40. The Balaban J connectivity index is 1.54. The van der Waals surface area contributed by atoms with Crippen LogP contribution in [-0.2, 0) is 0 Å². The van der Waals surface area contributed by atoms with Crippen molar-refractivity contribution in [1.29, 1.82) is 0 Å². The topological polar surface area (TPSA) is 69.4 Å². The third-order valence-corrected chi connectivity index (χ3v) is 5.66. The van der Waals surface area contributed by atoms with Crippen LogP contribution in [0.2, 0.25) is 5.02 Å². The summed E-state index contributed by atoms with van der Waals surface area (Å²) >= 11 is 8.02. The molecule has 28 heavy (non-hydrogen) atoms. The van der Waals surface area contributed by atoms with Crippen molar-refractivity contribution < 1.29 is 9.84 Å². The normalized spacial score (nSPS) is 14.9. The number of ether oxygens (including phenoxy) is 1. The van der Waals surface area contributed by atoms with Gasteiger partial charge < -0.3 is 19.5 Å². The fraction of sp³-hybridized carbons (Fsp3) is 0.300. The van der Waals surface area contributed by atoms with Crippen LogP contribution in [0.15, 0.2) is 46.4 Å². The molecule has 0 bridgehead atoms. The maximum absolute atomic E-state index is 8.88. The van der Waals surface area contributed by atoms with Crippen molar-refractivity contribution in [1.82, 2.24) is 4.90 Å². The standard InChI is InChI=1S/C20H21ClN4O2S/c21-19-17(24-28-11-3-10-26)4-1-5-18(19)27-14-6-7-16-15(12-14)20-22-8-2-9-25(20)13-23-16/h1,4-7,12-13,24,26H,2-3,8-11H2. The second-order valence-corrected chi connectivity index (χ2v) is 7.70. The van der Waals surface area contributed by atoms with Crippen LogP contribution in [0, 0.1) is 0 Å². The molecule has 0 saturated heterocycles. The zero-order valence-corrected chi connectivity index (χ0v) is 16.8. The molecule has 0 amide bonds. The van der Waals surface area contributed by atoms with Crippen molar-refractivity contribution in [3.63, 3.8) is 0 Å². The second-order valence-electron chi connectivity index (χ2n) is 6.42. The molecule has 2 heterocycles. The first kappa shape index (κ1) is 19.1. The van der Waals surface area contributed by atoms with Gasteiger partial charge in [0.2, 0.25) is 0 Å². The van der Waals surface area contributed by atoms with Crippen molar-refractivity contribution in [2.45, 2.75) is 12.8 Å². The molecule has 0 atom stereocenters. The molecule has 8 heteroatoms. The highest BCUT2D eigenvalue weighted by atomic mass is 35.5. The minimum atomic E-state index is 0.177. The van der Waals surface area contributed by atoms with Crippen LogP contribution in [0.5, 0.6) is 11.5 Å². The van der Waals surface area contributed by atoms with Crippen LogP contribution in [0.3, 0.4) is 0 Å². The summed E-state index contributed by atoms with van der Waals surface area (Å²) in [5.41, 5.74) is 2.66. The summed E-state index contributed by atoms with van der Waals surface area (Å²) in [6.07, 6.45) is 3.61. The van der Waals surface area contributed by atoms with E-state index in [-0.39, 0.29) is 6.61 Å². The second kappa shape index (κ2) is 8.86. The lowest BCUT2D eigenvalue weighted by atomic mass is 10.1. The van der Waals surface area contributed by atoms with Gasteiger partial charge in [0.25, 0.3) is 0 Å². The van der Waals surface area contributed by atoms with Crippen molar-refractivity contribution in [2.24, 2.45) is 9.98 Å². The van der Waals surface area contributed by atoms with Crippen LogP contribution in [0.25, 0.3) is 0 Å². The summed E-state index contributed by atoms with van der Waals surface area (Å²) in [5.74, 6) is 3.01. The number of aliphatic hydroxyl groups is 1. The Hall–Kier alpha value is -2.22. The molecule has 2 N–H and O–H groups in total. The van der Waals surface area contributed by atoms with Gasteiger partial charge in [0, 0.05) is 31.0 Å². The fourth-order valence-electron chi connectivity index (χ4n) is 3.04. The molecule has 6 nitrogen and oxygen atoms in total. The predicted molar refractivity (Wildman–Crippen MR) is 117 cm³/mol. The number of benzene rings is 2. The molecule has 0 unspecified atom stereocenters. The van der Waals surface area contributed by atoms with Crippen molar-refractivity contribution >= 4 is 47.1 Å². The predicted octanol–water partition coefficient (Wildman–Crippen LogP) is 4.70. The molecular formula is C20H21ClN4O2S. The van der Waals surface area contributed by atoms with Gasteiger partial charge in [0.15, 0.2) is 0 Å². The fourth-order valence-corrected chi connectivity index (χ4v) is 4.01. The van der Waals surface area contributed by atoms with E-state index in [1.54, 1.807) is 0 Å². The molecule has 0 radical (unpaired) electrons. The molecule has 2 aromatic carbocycles. The monoisotopic (exact) mass is 416 g/mol. The Morgan fingerprint density at radius 2 is 2.21 bits per heavy atom. The van der Waals surface area contributed by atoms with E-state index in [2.05, 4.69) is 19.6 Å². The first-order valence-corrected chi connectivity index (χ1v) is 10.6. The average Bonchev–Trinajstić information content (AvgIpc) is 2.73. The number of rotatable bonds is 7. The van der Waals surface area contributed by atoms with Crippen molar-refractivity contribution in [3.8, 4) is 11.5 Å². The van der Waals surface area contributed by atoms with Gasteiger partial charge >= 0.3 is 0 Å². The largest absolute Gasteiger partial charge is 0.456 e. The van der Waals surface area contributed by atoms with E-state index in [1.807, 2.05) is 42.7 Å². The van der Waals surface area contributed by atoms with Crippen LogP contribution < -0.4 is 9.46 Å². The zero-order valence-electron chi connectivity index (χ0n) is 15.3. The van der Waals surface area contributed by atoms with Gasteiger partial charge in [-0.25, -0.2) is 4.99 Å². The maximum Gasteiger partial charge on any atom is 0.148 e. The summed E-state index contributed by atoms with van der Waals surface area (Å²) in [4.78, 5) is 11.3. The molecular weight excluding hydrogens is 396 g/mol. The Kier molecular flexibility index (Phi) is 6.04. The first-order chi connectivity index (χ1) is 13.8. The highest BCUT2D eigenvalue weighted by Gasteiger charge is 2.22. The minimum Gasteiger partial charge on any atom is -0.456 e. The minimum absolute atomic E-state index is 0.177. The molecule has 0 fully saturated rings. The van der Waals surface area contributed by atoms with E-state index in [9.17, 15) is 0 Å². The zero-order chi connectivity index (χ0) is 19.3. The highest BCUT2D eigenvalue weighted by Crippen LogP contribution is 2.38. The van der Waals surface area contributed by atoms with E-state index in [4.69, 9.17) is 21.4 Å². The van der Waals surface area contributed by atoms with Gasteiger partial charge in [0.05, 0.1) is 17.7 Å². The van der Waals surface area contributed by atoms with Gasteiger partial charge in [-0.15, -0.1) is 0 Å². The smallest absolute Gasteiger partial charge is 0.148 e. The van der Waals surface area contributed by atoms with E-state index in [1.165, 1.54) is 11.9 Å². The van der Waals surface area contributed by atoms with Crippen molar-refractivity contribution in [2.75, 3.05) is 30.2 Å². The molecule has 2 aliphatic heterocycles. The Bertz CT molecular complexity index is 919. The number of fused-ring (bicyclic) bond motifs is 3. The van der Waals surface area contributed by atoms with Crippen LogP contribution in [0.1, 0.15) is 18.4 Å². The number of aliphatic hydroxyl groups excluding tert-OH is 1. The quantitative estimate of drug-likeness (QED) is 0.505. The molecule has 0 aromatic heterocycles. The Labute approximate surface area is 173 Å². The lowest BCUT2D eigenvalue weighted by Gasteiger charge is -2.29. The first-order valence-electron chi connectivity index (χ1n) is 9.21. The summed E-state index contributed by atoms with van der Waals surface area (Å²) in [6, 6.07) is 11.4. The maximum atomic E-state index is 8.88. The number of amidine groups is 1. The third-order valence-electron chi connectivity index (χ3n) is 4.41. The van der Waals surface area contributed by atoms with E-state index < -0.39 is 0 Å². The molecule has 0 aliphatic carbocycles. The SMILES string of the molecule is OCCCSNc1cccc(Oc2ccc3c(c2)C2=NCCCN2C=N3)c1Cl. The molecule has 2 aromatic rings. The molecule has 0 saturated carbocycles. The number of nitrogens with one attached hydrogen (secondary N) is 1. The summed E-state index contributed by atoms with van der Waals surface area (Å²) in [6.45, 7) is 1.94. The van der Waals surface area contributed by atoms with E-state index >= 15 is 0 Å². The lowest BCUT2D eigenvalue weighted by Crippen LogP contribution is -2.36. The van der Waals surface area contributed by atoms with Crippen molar-refractivity contribution in [3.05, 3.63) is 47.0 Å². The number of anilines is 1. The Morgan fingerprint density at radius 1 is 1.29 bits per heavy atom. The third kappa shape index (κ3) is 4.11. The van der Waals surface area contributed by atoms with Crippen LogP contribution >= 0.6 is 23.5 Å². The molecule has 2 aliphatic rings. The number of aliphatic imine (C=N–C) groups is 2. The highest BCUT2D eigenvalue weighted by molar-refractivity contribution is 8.00. The summed E-state index contributed by atoms with van der Waals surface area (Å²) in [7, 11) is 0. The molecule has 146 valence electrons. The van der Waals surface area contributed by atoms with E-state index in [0.717, 1.165) is 54.5 Å². The summed E-state index contributed by atoms with van der Waals surface area (Å²) < 4.78 is 9.29. The number of halogens is 1. The van der Waals surface area contributed by atoms with Gasteiger partial charge in [-0.2, -0.15) is 0 Å². The lowest BCUT2D eigenvalue weighted by molar-refractivity contribution is 0.296. The molecule has 4 rings (SSSR count). The average molecular weight is 417 g/mol.